The minimum absolute atomic E-state index is 0.0512. The summed E-state index contributed by atoms with van der Waals surface area (Å²) in [4.78, 5) is 12.8. The molecule has 0 saturated heterocycles. The molecule has 1 N–H and O–H groups in total. The lowest BCUT2D eigenvalue weighted by atomic mass is 9.97. The van der Waals surface area contributed by atoms with E-state index >= 15 is 0 Å². The van der Waals surface area contributed by atoms with E-state index in [0.717, 1.165) is 34.8 Å². The Labute approximate surface area is 182 Å². The van der Waals surface area contributed by atoms with E-state index in [-0.39, 0.29) is 11.2 Å². The summed E-state index contributed by atoms with van der Waals surface area (Å²) in [7, 11) is 3.55. The summed E-state index contributed by atoms with van der Waals surface area (Å²) in [6.45, 7) is 6.20. The van der Waals surface area contributed by atoms with Crippen molar-refractivity contribution in [3.63, 3.8) is 0 Å². The summed E-state index contributed by atoms with van der Waals surface area (Å²) in [5, 5.41) is 12.1. The van der Waals surface area contributed by atoms with Gasteiger partial charge in [0.1, 0.15) is 5.75 Å². The third-order valence-corrected chi connectivity index (χ3v) is 6.33. The van der Waals surface area contributed by atoms with E-state index < -0.39 is 0 Å². The minimum atomic E-state index is -0.318. The molecule has 1 heterocycles. The number of thioether (sulfide) groups is 1. The maximum atomic E-state index is 12.8. The van der Waals surface area contributed by atoms with Crippen LogP contribution in [-0.4, -0.2) is 33.0 Å². The fourth-order valence-corrected chi connectivity index (χ4v) is 3.93. The molecule has 1 amide bonds. The maximum Gasteiger partial charge on any atom is 0.237 e. The summed E-state index contributed by atoms with van der Waals surface area (Å²) in [5.74, 6) is 1.87. The van der Waals surface area contributed by atoms with Gasteiger partial charge in [-0.05, 0) is 55.2 Å². The van der Waals surface area contributed by atoms with Gasteiger partial charge in [0, 0.05) is 18.3 Å². The predicted molar refractivity (Wildman–Crippen MR) is 122 cm³/mol. The molecule has 30 heavy (non-hydrogen) atoms. The van der Waals surface area contributed by atoms with E-state index in [1.54, 1.807) is 7.11 Å². The molecule has 0 unspecified atom stereocenters. The smallest absolute Gasteiger partial charge is 0.237 e. The van der Waals surface area contributed by atoms with Crippen molar-refractivity contribution in [2.45, 2.75) is 43.5 Å². The number of rotatable bonds is 8. The van der Waals surface area contributed by atoms with Gasteiger partial charge in [0.2, 0.25) is 5.91 Å². The first-order valence-electron chi connectivity index (χ1n) is 10.0. The van der Waals surface area contributed by atoms with Crippen LogP contribution in [0.15, 0.2) is 53.7 Å². The molecule has 3 rings (SSSR count). The molecule has 0 aliphatic carbocycles. The highest BCUT2D eigenvalue weighted by molar-refractivity contribution is 8.00. The first-order chi connectivity index (χ1) is 14.4. The molecule has 1 aromatic heterocycles. The van der Waals surface area contributed by atoms with Crippen LogP contribution < -0.4 is 10.1 Å². The van der Waals surface area contributed by atoms with Crippen molar-refractivity contribution < 1.29 is 9.53 Å². The molecule has 0 saturated carbocycles. The molecular formula is C23H28N4O2S. The molecule has 2 atom stereocenters. The first-order valence-corrected chi connectivity index (χ1v) is 10.9. The standard InChI is InChI=1S/C23H28N4O2S/c1-6-15(2)19-9-7-8-10-20(19)24-22(28)16(3)30-23-26-25-21(27(23)4)17-11-13-18(29-5)14-12-17/h7-16H,6H2,1-5H3,(H,24,28)/t15-,16+/m1/s1. The lowest BCUT2D eigenvalue weighted by molar-refractivity contribution is -0.115. The zero-order chi connectivity index (χ0) is 21.7. The monoisotopic (exact) mass is 424 g/mol. The van der Waals surface area contributed by atoms with Crippen molar-refractivity contribution in [2.24, 2.45) is 7.05 Å². The Morgan fingerprint density at radius 3 is 2.50 bits per heavy atom. The molecule has 3 aromatic rings. The number of benzene rings is 2. The van der Waals surface area contributed by atoms with Crippen molar-refractivity contribution in [1.82, 2.24) is 14.8 Å². The second kappa shape index (κ2) is 9.80. The highest BCUT2D eigenvalue weighted by Gasteiger charge is 2.21. The van der Waals surface area contributed by atoms with E-state index in [4.69, 9.17) is 4.74 Å². The van der Waals surface area contributed by atoms with Gasteiger partial charge in [-0.3, -0.25) is 4.79 Å². The molecule has 6 nitrogen and oxygen atoms in total. The van der Waals surface area contributed by atoms with Crippen molar-refractivity contribution in [3.05, 3.63) is 54.1 Å². The van der Waals surface area contributed by atoms with Crippen molar-refractivity contribution in [3.8, 4) is 17.1 Å². The number of anilines is 1. The second-order valence-corrected chi connectivity index (χ2v) is 8.55. The number of methoxy groups -OCH3 is 1. The molecule has 0 aliphatic rings. The van der Waals surface area contributed by atoms with Crippen LogP contribution in [0.3, 0.4) is 0 Å². The van der Waals surface area contributed by atoms with Crippen molar-refractivity contribution >= 4 is 23.4 Å². The van der Waals surface area contributed by atoms with Crippen LogP contribution in [-0.2, 0) is 11.8 Å². The number of carbonyl (C=O) groups is 1. The van der Waals surface area contributed by atoms with Gasteiger partial charge in [0.15, 0.2) is 11.0 Å². The first kappa shape index (κ1) is 21.9. The van der Waals surface area contributed by atoms with Crippen LogP contribution in [0.5, 0.6) is 5.75 Å². The Morgan fingerprint density at radius 2 is 1.83 bits per heavy atom. The van der Waals surface area contributed by atoms with E-state index in [1.165, 1.54) is 11.8 Å². The van der Waals surface area contributed by atoms with Gasteiger partial charge in [-0.25, -0.2) is 0 Å². The van der Waals surface area contributed by atoms with E-state index in [0.29, 0.717) is 11.1 Å². The van der Waals surface area contributed by atoms with Crippen molar-refractivity contribution in [1.29, 1.82) is 0 Å². The van der Waals surface area contributed by atoms with Crippen LogP contribution in [0.25, 0.3) is 11.4 Å². The largest absolute Gasteiger partial charge is 0.497 e. The third-order valence-electron chi connectivity index (χ3n) is 5.20. The van der Waals surface area contributed by atoms with Crippen LogP contribution in [0, 0.1) is 0 Å². The number of nitrogens with one attached hydrogen (secondary N) is 1. The maximum absolute atomic E-state index is 12.8. The summed E-state index contributed by atoms with van der Waals surface area (Å²) in [5.41, 5.74) is 2.98. The van der Waals surface area contributed by atoms with Gasteiger partial charge in [-0.1, -0.05) is 43.8 Å². The van der Waals surface area contributed by atoms with Crippen LogP contribution in [0.1, 0.15) is 38.7 Å². The van der Waals surface area contributed by atoms with E-state index in [2.05, 4.69) is 35.4 Å². The highest BCUT2D eigenvalue weighted by atomic mass is 32.2. The zero-order valence-corrected chi connectivity index (χ0v) is 18.9. The number of hydrogen-bond donors (Lipinski definition) is 1. The molecule has 7 heteroatoms. The molecule has 0 fully saturated rings. The Hall–Kier alpha value is -2.80. The molecule has 0 aliphatic heterocycles. The number of aromatic nitrogens is 3. The predicted octanol–water partition coefficient (Wildman–Crippen LogP) is 5.12. The second-order valence-electron chi connectivity index (χ2n) is 7.24. The van der Waals surface area contributed by atoms with Gasteiger partial charge in [0.25, 0.3) is 0 Å². The van der Waals surface area contributed by atoms with Crippen LogP contribution in [0.4, 0.5) is 5.69 Å². The lowest BCUT2D eigenvalue weighted by Gasteiger charge is -2.17. The number of carbonyl (C=O) groups excluding carboxylic acids is 1. The van der Waals surface area contributed by atoms with Crippen LogP contribution in [0.2, 0.25) is 0 Å². The van der Waals surface area contributed by atoms with Gasteiger partial charge in [-0.2, -0.15) is 0 Å². The lowest BCUT2D eigenvalue weighted by Crippen LogP contribution is -2.23. The van der Waals surface area contributed by atoms with Gasteiger partial charge >= 0.3 is 0 Å². The average Bonchev–Trinajstić information content (AvgIpc) is 3.13. The van der Waals surface area contributed by atoms with Gasteiger partial charge in [-0.15, -0.1) is 10.2 Å². The third kappa shape index (κ3) is 4.84. The van der Waals surface area contributed by atoms with Gasteiger partial charge in [0.05, 0.1) is 12.4 Å². The summed E-state index contributed by atoms with van der Waals surface area (Å²) < 4.78 is 7.11. The molecule has 0 spiro atoms. The number of hydrogen-bond acceptors (Lipinski definition) is 5. The fraction of sp³-hybridized carbons (Fsp3) is 0.348. The topological polar surface area (TPSA) is 69.0 Å². The minimum Gasteiger partial charge on any atom is -0.497 e. The fourth-order valence-electron chi connectivity index (χ4n) is 3.12. The highest BCUT2D eigenvalue weighted by Crippen LogP contribution is 2.29. The van der Waals surface area contributed by atoms with Crippen molar-refractivity contribution in [2.75, 3.05) is 12.4 Å². The Balaban J connectivity index is 1.71. The number of ether oxygens (including phenoxy) is 1. The number of nitrogens with zero attached hydrogens (tertiary/aromatic N) is 3. The van der Waals surface area contributed by atoms with Crippen LogP contribution >= 0.6 is 11.8 Å². The quantitative estimate of drug-likeness (QED) is 0.508. The van der Waals surface area contributed by atoms with E-state index in [1.807, 2.05) is 61.0 Å². The van der Waals surface area contributed by atoms with E-state index in [9.17, 15) is 4.79 Å². The molecule has 0 radical (unpaired) electrons. The zero-order valence-electron chi connectivity index (χ0n) is 18.0. The summed E-state index contributed by atoms with van der Waals surface area (Å²) in [6, 6.07) is 15.7. The Morgan fingerprint density at radius 1 is 1.13 bits per heavy atom. The number of para-hydroxylation sites is 1. The summed E-state index contributed by atoms with van der Waals surface area (Å²) in [6.07, 6.45) is 1.02. The molecule has 2 aromatic carbocycles. The normalized spacial score (nSPS) is 13.0. The summed E-state index contributed by atoms with van der Waals surface area (Å²) >= 11 is 1.39. The molecular weight excluding hydrogens is 396 g/mol. The van der Waals surface area contributed by atoms with Gasteiger partial charge < -0.3 is 14.6 Å². The Kier molecular flexibility index (Phi) is 7.15. The molecule has 158 valence electrons. The number of amides is 1. The SMILES string of the molecule is CC[C@@H](C)c1ccccc1NC(=O)[C@H](C)Sc1nnc(-c2ccc(OC)cc2)n1C. The average molecular weight is 425 g/mol. The Bertz CT molecular complexity index is 1000. The molecule has 0 bridgehead atoms.